The van der Waals surface area contributed by atoms with Crippen LogP contribution in [0, 0.1) is 12.8 Å². The van der Waals surface area contributed by atoms with E-state index in [0.717, 1.165) is 5.56 Å². The van der Waals surface area contributed by atoms with E-state index in [0.29, 0.717) is 28.3 Å². The maximum atomic E-state index is 12.7. The standard InChI is InChI=1S/C13H15Br2NO4S/c1-8-5-11(15)12(6-10(8)14)21(19,20)16-4-2-3-9(7-16)13(17)18/h5-6,9H,2-4,7H2,1H3,(H,17,18)/t9-/m0/s1. The highest BCUT2D eigenvalue weighted by molar-refractivity contribution is 9.11. The number of halogens is 2. The highest BCUT2D eigenvalue weighted by Gasteiger charge is 2.34. The van der Waals surface area contributed by atoms with Crippen molar-refractivity contribution >= 4 is 47.9 Å². The van der Waals surface area contributed by atoms with Gasteiger partial charge in [-0.3, -0.25) is 4.79 Å². The molecule has 1 aliphatic heterocycles. The van der Waals surface area contributed by atoms with Crippen LogP contribution >= 0.6 is 31.9 Å². The van der Waals surface area contributed by atoms with Crippen molar-refractivity contribution in [3.8, 4) is 0 Å². The fourth-order valence-corrected chi connectivity index (χ4v) is 5.49. The van der Waals surface area contributed by atoms with Crippen molar-refractivity contribution < 1.29 is 18.3 Å². The summed E-state index contributed by atoms with van der Waals surface area (Å²) in [6.07, 6.45) is 1.07. The minimum atomic E-state index is -3.71. The molecule has 5 nitrogen and oxygen atoms in total. The van der Waals surface area contributed by atoms with Crippen LogP contribution in [-0.4, -0.2) is 36.9 Å². The van der Waals surface area contributed by atoms with Gasteiger partial charge in [0, 0.05) is 22.0 Å². The maximum Gasteiger partial charge on any atom is 0.307 e. The molecule has 1 N–H and O–H groups in total. The van der Waals surface area contributed by atoms with Crippen LogP contribution in [0.15, 0.2) is 26.0 Å². The number of carbonyl (C=O) groups is 1. The zero-order chi connectivity index (χ0) is 15.8. The van der Waals surface area contributed by atoms with E-state index in [9.17, 15) is 13.2 Å². The molecule has 0 unspecified atom stereocenters. The van der Waals surface area contributed by atoms with E-state index >= 15 is 0 Å². The van der Waals surface area contributed by atoms with Crippen LogP contribution in [0.2, 0.25) is 0 Å². The van der Waals surface area contributed by atoms with E-state index in [1.54, 1.807) is 12.1 Å². The van der Waals surface area contributed by atoms with E-state index < -0.39 is 21.9 Å². The van der Waals surface area contributed by atoms with Crippen LogP contribution in [0.4, 0.5) is 0 Å². The molecule has 1 atom stereocenters. The van der Waals surface area contributed by atoms with E-state index in [4.69, 9.17) is 5.11 Å². The molecule has 0 spiro atoms. The molecule has 1 aromatic carbocycles. The Kier molecular flexibility index (Phi) is 5.12. The minimum absolute atomic E-state index is 0.0234. The minimum Gasteiger partial charge on any atom is -0.481 e. The Morgan fingerprint density at radius 1 is 1.33 bits per heavy atom. The number of sulfonamides is 1. The smallest absolute Gasteiger partial charge is 0.307 e. The van der Waals surface area contributed by atoms with Crippen LogP contribution < -0.4 is 0 Å². The molecular weight excluding hydrogens is 426 g/mol. The van der Waals surface area contributed by atoms with Gasteiger partial charge >= 0.3 is 5.97 Å². The molecule has 0 bridgehead atoms. The lowest BCUT2D eigenvalue weighted by Crippen LogP contribution is -2.42. The van der Waals surface area contributed by atoms with Crippen LogP contribution in [0.3, 0.4) is 0 Å². The number of carboxylic acid groups (broad SMARTS) is 1. The molecule has 1 aliphatic rings. The van der Waals surface area contributed by atoms with Crippen molar-refractivity contribution in [1.82, 2.24) is 4.31 Å². The summed E-state index contributed by atoms with van der Waals surface area (Å²) in [5, 5.41) is 9.09. The number of hydrogen-bond donors (Lipinski definition) is 1. The summed E-state index contributed by atoms with van der Waals surface area (Å²) in [5.74, 6) is -1.58. The SMILES string of the molecule is Cc1cc(Br)c(S(=O)(=O)N2CCC[C@H](C(=O)O)C2)cc1Br. The molecule has 8 heteroatoms. The summed E-state index contributed by atoms with van der Waals surface area (Å²) < 4.78 is 27.9. The van der Waals surface area contributed by atoms with Gasteiger partial charge in [0.15, 0.2) is 0 Å². The second-order valence-corrected chi connectivity index (χ2v) is 8.69. The summed E-state index contributed by atoms with van der Waals surface area (Å²) in [6, 6.07) is 3.29. The molecular formula is C13H15Br2NO4S. The number of hydrogen-bond acceptors (Lipinski definition) is 3. The van der Waals surface area contributed by atoms with Crippen LogP contribution in [0.1, 0.15) is 18.4 Å². The Bertz CT molecular complexity index is 675. The summed E-state index contributed by atoms with van der Waals surface area (Å²) in [4.78, 5) is 11.2. The summed E-state index contributed by atoms with van der Waals surface area (Å²) in [6.45, 7) is 2.24. The molecule has 1 saturated heterocycles. The number of rotatable bonds is 3. The largest absolute Gasteiger partial charge is 0.481 e. The van der Waals surface area contributed by atoms with Crippen molar-refractivity contribution in [2.24, 2.45) is 5.92 Å². The first-order valence-electron chi connectivity index (χ1n) is 6.42. The lowest BCUT2D eigenvalue weighted by Gasteiger charge is -2.30. The molecule has 2 rings (SSSR count). The molecule has 21 heavy (non-hydrogen) atoms. The molecule has 0 amide bonds. The van der Waals surface area contributed by atoms with Gasteiger partial charge in [-0.2, -0.15) is 4.31 Å². The predicted molar refractivity (Wildman–Crippen MR) is 85.7 cm³/mol. The quantitative estimate of drug-likeness (QED) is 0.783. The van der Waals surface area contributed by atoms with Gasteiger partial charge in [0.05, 0.1) is 10.8 Å². The van der Waals surface area contributed by atoms with E-state index in [1.807, 2.05) is 6.92 Å². The second-order valence-electron chi connectivity index (χ2n) is 5.07. The van der Waals surface area contributed by atoms with Crippen molar-refractivity contribution in [1.29, 1.82) is 0 Å². The molecule has 116 valence electrons. The number of benzene rings is 1. The fraction of sp³-hybridized carbons (Fsp3) is 0.462. The lowest BCUT2D eigenvalue weighted by atomic mass is 10.0. The van der Waals surface area contributed by atoms with Gasteiger partial charge in [0.1, 0.15) is 0 Å². The average molecular weight is 441 g/mol. The molecule has 1 aromatic rings. The molecule has 0 aromatic heterocycles. The Hall–Kier alpha value is -0.440. The van der Waals surface area contributed by atoms with Gasteiger partial charge in [-0.25, -0.2) is 8.42 Å². The molecule has 0 aliphatic carbocycles. The van der Waals surface area contributed by atoms with E-state index in [2.05, 4.69) is 31.9 Å². The number of carboxylic acids is 1. The molecule has 0 saturated carbocycles. The van der Waals surface area contributed by atoms with Gasteiger partial charge in [-0.15, -0.1) is 0 Å². The summed E-state index contributed by atoms with van der Waals surface area (Å²) in [5.41, 5.74) is 0.919. The lowest BCUT2D eigenvalue weighted by molar-refractivity contribution is -0.142. The van der Waals surface area contributed by atoms with Crippen LogP contribution in [-0.2, 0) is 14.8 Å². The third-order valence-corrected chi connectivity index (χ3v) is 7.24. The maximum absolute atomic E-state index is 12.7. The fourth-order valence-electron chi connectivity index (χ4n) is 2.33. The number of aliphatic carboxylic acids is 1. The topological polar surface area (TPSA) is 74.7 Å². The second kappa shape index (κ2) is 6.36. The summed E-state index contributed by atoms with van der Waals surface area (Å²) >= 11 is 6.62. The van der Waals surface area contributed by atoms with Gasteiger partial charge in [0.25, 0.3) is 0 Å². The first-order valence-corrected chi connectivity index (χ1v) is 9.44. The van der Waals surface area contributed by atoms with Crippen LogP contribution in [0.5, 0.6) is 0 Å². The Balaban J connectivity index is 2.38. The molecule has 1 fully saturated rings. The van der Waals surface area contributed by atoms with E-state index in [-0.39, 0.29) is 11.4 Å². The average Bonchev–Trinajstić information content (AvgIpc) is 2.42. The van der Waals surface area contributed by atoms with Crippen LogP contribution in [0.25, 0.3) is 0 Å². The Morgan fingerprint density at radius 3 is 2.62 bits per heavy atom. The van der Waals surface area contributed by atoms with Gasteiger partial charge in [-0.1, -0.05) is 15.9 Å². The molecule has 1 heterocycles. The van der Waals surface area contributed by atoms with Crippen molar-refractivity contribution in [2.75, 3.05) is 13.1 Å². The van der Waals surface area contributed by atoms with Gasteiger partial charge < -0.3 is 5.11 Å². The number of piperidine rings is 1. The first kappa shape index (κ1) is 16.9. The monoisotopic (exact) mass is 439 g/mol. The Labute approximate surface area is 140 Å². The normalized spacial score (nSPS) is 20.4. The predicted octanol–water partition coefficient (Wildman–Crippen LogP) is 3.01. The van der Waals surface area contributed by atoms with Crippen molar-refractivity contribution in [2.45, 2.75) is 24.7 Å². The van der Waals surface area contributed by atoms with Crippen molar-refractivity contribution in [3.05, 3.63) is 26.6 Å². The number of aryl methyl sites for hydroxylation is 1. The third-order valence-electron chi connectivity index (χ3n) is 3.56. The zero-order valence-corrected chi connectivity index (χ0v) is 15.3. The van der Waals surface area contributed by atoms with Crippen molar-refractivity contribution in [3.63, 3.8) is 0 Å². The Morgan fingerprint density at radius 2 is 2.00 bits per heavy atom. The van der Waals surface area contributed by atoms with E-state index in [1.165, 1.54) is 4.31 Å². The highest BCUT2D eigenvalue weighted by Crippen LogP contribution is 2.32. The van der Waals surface area contributed by atoms with Gasteiger partial charge in [-0.05, 0) is 53.4 Å². The number of nitrogens with zero attached hydrogens (tertiary/aromatic N) is 1. The van der Waals surface area contributed by atoms with Gasteiger partial charge in [0.2, 0.25) is 10.0 Å². The molecule has 0 radical (unpaired) electrons. The summed E-state index contributed by atoms with van der Waals surface area (Å²) in [7, 11) is -3.71. The third kappa shape index (κ3) is 3.49. The zero-order valence-electron chi connectivity index (χ0n) is 11.3. The first-order chi connectivity index (χ1) is 9.73. The highest BCUT2D eigenvalue weighted by atomic mass is 79.9.